The Bertz CT molecular complexity index is 564. The zero-order valence-electron chi connectivity index (χ0n) is 18.5. The fourth-order valence-corrected chi connectivity index (χ4v) is 4.80. The van der Waals surface area contributed by atoms with Gasteiger partial charge in [0.25, 0.3) is 0 Å². The molecule has 1 aliphatic carbocycles. The summed E-state index contributed by atoms with van der Waals surface area (Å²) < 4.78 is 12.2. The number of aliphatic hydroxyl groups is 2. The quantitative estimate of drug-likeness (QED) is 0.305. The third-order valence-electron chi connectivity index (χ3n) is 6.42. The minimum Gasteiger partial charge on any atom is -0.481 e. The average molecular weight is 425 g/mol. The monoisotopic (exact) mass is 424 g/mol. The van der Waals surface area contributed by atoms with Crippen LogP contribution in [0, 0.1) is 17.8 Å². The predicted molar refractivity (Wildman–Crippen MR) is 116 cm³/mol. The van der Waals surface area contributed by atoms with Gasteiger partial charge in [0.2, 0.25) is 0 Å². The Balaban J connectivity index is 2.07. The lowest BCUT2D eigenvalue weighted by atomic mass is 9.83. The van der Waals surface area contributed by atoms with E-state index in [-0.39, 0.29) is 24.2 Å². The van der Waals surface area contributed by atoms with Gasteiger partial charge in [-0.05, 0) is 44.4 Å². The van der Waals surface area contributed by atoms with Crippen LogP contribution in [0.1, 0.15) is 71.6 Å². The van der Waals surface area contributed by atoms with Gasteiger partial charge < -0.3 is 24.8 Å². The van der Waals surface area contributed by atoms with E-state index in [0.717, 1.165) is 38.5 Å². The Morgan fingerprint density at radius 3 is 2.53 bits per heavy atom. The maximum atomic E-state index is 10.7. The van der Waals surface area contributed by atoms with Crippen LogP contribution in [0.25, 0.3) is 0 Å². The number of aliphatic hydroxyl groups excluding tert-OH is 2. The van der Waals surface area contributed by atoms with E-state index in [1.54, 1.807) is 0 Å². The third kappa shape index (κ3) is 7.19. The number of rotatable bonds is 13. The lowest BCUT2D eigenvalue weighted by molar-refractivity contribution is -0.185. The fourth-order valence-electron chi connectivity index (χ4n) is 4.80. The van der Waals surface area contributed by atoms with Crippen molar-refractivity contribution in [2.24, 2.45) is 17.8 Å². The molecule has 0 aromatic heterocycles. The van der Waals surface area contributed by atoms with E-state index in [9.17, 15) is 15.0 Å². The summed E-state index contributed by atoms with van der Waals surface area (Å²) in [5.74, 6) is -1.35. The average Bonchev–Trinajstić information content (AvgIpc) is 3.28. The first kappa shape index (κ1) is 25.1. The van der Waals surface area contributed by atoms with Gasteiger partial charge in [0.05, 0.1) is 25.4 Å². The van der Waals surface area contributed by atoms with Crippen LogP contribution in [0.15, 0.2) is 24.3 Å². The van der Waals surface area contributed by atoms with E-state index in [1.807, 2.05) is 19.1 Å². The molecule has 6 nitrogen and oxygen atoms in total. The second-order valence-electron chi connectivity index (χ2n) is 8.74. The van der Waals surface area contributed by atoms with E-state index in [4.69, 9.17) is 14.6 Å². The molecule has 172 valence electrons. The lowest BCUT2D eigenvalue weighted by Crippen LogP contribution is -2.36. The predicted octanol–water partition coefficient (Wildman–Crippen LogP) is 4.06. The van der Waals surface area contributed by atoms with Crippen molar-refractivity contribution in [2.45, 2.75) is 89.6 Å². The molecule has 1 aliphatic heterocycles. The normalized spacial score (nSPS) is 28.1. The molecular weight excluding hydrogens is 384 g/mol. The molecule has 0 bridgehead atoms. The van der Waals surface area contributed by atoms with Gasteiger partial charge >= 0.3 is 5.97 Å². The first-order chi connectivity index (χ1) is 14.4. The summed E-state index contributed by atoms with van der Waals surface area (Å²) in [6, 6.07) is 0. The van der Waals surface area contributed by atoms with E-state index in [2.05, 4.69) is 19.1 Å². The van der Waals surface area contributed by atoms with Crippen LogP contribution < -0.4 is 0 Å². The van der Waals surface area contributed by atoms with Gasteiger partial charge in [-0.25, -0.2) is 0 Å². The number of carboxylic acids is 1. The van der Waals surface area contributed by atoms with Crippen molar-refractivity contribution < 1.29 is 29.6 Å². The number of carbonyl (C=O) groups is 1. The molecule has 5 atom stereocenters. The van der Waals surface area contributed by atoms with Gasteiger partial charge in [-0.3, -0.25) is 4.79 Å². The molecule has 0 amide bonds. The number of carboxylic acid groups (broad SMARTS) is 1. The second kappa shape index (κ2) is 12.6. The van der Waals surface area contributed by atoms with Crippen LogP contribution in [-0.2, 0) is 14.3 Å². The van der Waals surface area contributed by atoms with Crippen molar-refractivity contribution in [3.8, 4) is 0 Å². The van der Waals surface area contributed by atoms with Crippen LogP contribution in [0.3, 0.4) is 0 Å². The summed E-state index contributed by atoms with van der Waals surface area (Å²) in [5, 5.41) is 29.5. The smallest absolute Gasteiger partial charge is 0.303 e. The van der Waals surface area contributed by atoms with Crippen LogP contribution >= 0.6 is 0 Å². The first-order valence-corrected chi connectivity index (χ1v) is 11.6. The zero-order valence-corrected chi connectivity index (χ0v) is 18.5. The Morgan fingerprint density at radius 1 is 1.17 bits per heavy atom. The summed E-state index contributed by atoms with van der Waals surface area (Å²) in [6.07, 6.45) is 14.0. The van der Waals surface area contributed by atoms with Crippen molar-refractivity contribution in [2.75, 3.05) is 13.2 Å². The molecule has 0 radical (unpaired) electrons. The van der Waals surface area contributed by atoms with Crippen molar-refractivity contribution in [1.29, 1.82) is 0 Å². The van der Waals surface area contributed by atoms with E-state index >= 15 is 0 Å². The molecule has 0 aromatic carbocycles. The number of hydrogen-bond acceptors (Lipinski definition) is 5. The topological polar surface area (TPSA) is 96.2 Å². The number of allylic oxidation sites excluding steroid dienone is 3. The van der Waals surface area contributed by atoms with E-state index < -0.39 is 24.0 Å². The molecule has 1 heterocycles. The number of aliphatic carboxylic acids is 1. The van der Waals surface area contributed by atoms with Crippen LogP contribution in [-0.4, -0.2) is 52.5 Å². The molecule has 30 heavy (non-hydrogen) atoms. The van der Waals surface area contributed by atoms with Gasteiger partial charge in [-0.2, -0.15) is 0 Å². The molecular formula is C24H40O6. The van der Waals surface area contributed by atoms with Crippen LogP contribution in [0.4, 0.5) is 0 Å². The Morgan fingerprint density at radius 2 is 1.90 bits per heavy atom. The highest BCUT2D eigenvalue weighted by Gasteiger charge is 2.56. The zero-order chi connectivity index (χ0) is 22.0. The van der Waals surface area contributed by atoms with E-state index in [1.165, 1.54) is 0 Å². The summed E-state index contributed by atoms with van der Waals surface area (Å²) in [4.78, 5) is 10.7. The standard InChI is InChI=1S/C24H40O6/c1-3-4-7-10-19(26)13-14-20-21(18(2)25)17-24(29-15-16-30-24)22(20)11-8-5-6-9-12-23(27)28/h5,8,13-14,18-22,25-26H,3-4,6-7,9-12,15-17H2,1-2H3,(H,27,28)/b8-5+,14-13+. The fraction of sp³-hybridized carbons (Fsp3) is 0.792. The molecule has 5 unspecified atom stereocenters. The SMILES string of the molecule is CCCCCC(O)/C=C/C1C(C(C)O)CC2(OCCO2)C1C/C=C/CCCC(=O)O. The highest BCUT2D eigenvalue weighted by atomic mass is 16.7. The second-order valence-corrected chi connectivity index (χ2v) is 8.74. The molecule has 2 aliphatic rings. The minimum atomic E-state index is -0.770. The minimum absolute atomic E-state index is 0.00704. The summed E-state index contributed by atoms with van der Waals surface area (Å²) in [5.41, 5.74) is 0. The van der Waals surface area contributed by atoms with Crippen LogP contribution in [0.5, 0.6) is 0 Å². The largest absolute Gasteiger partial charge is 0.481 e. The summed E-state index contributed by atoms with van der Waals surface area (Å²) in [7, 11) is 0. The molecule has 2 rings (SSSR count). The van der Waals surface area contributed by atoms with Gasteiger partial charge in [0.1, 0.15) is 0 Å². The molecule has 1 saturated carbocycles. The maximum absolute atomic E-state index is 10.7. The highest BCUT2D eigenvalue weighted by Crippen LogP contribution is 2.52. The van der Waals surface area contributed by atoms with Gasteiger partial charge in [-0.15, -0.1) is 0 Å². The van der Waals surface area contributed by atoms with Crippen molar-refractivity contribution >= 4 is 5.97 Å². The Hall–Kier alpha value is -1.21. The Labute approximate surface area is 181 Å². The molecule has 0 aromatic rings. The number of ether oxygens (including phenoxy) is 2. The first-order valence-electron chi connectivity index (χ1n) is 11.6. The summed E-state index contributed by atoms with van der Waals surface area (Å²) >= 11 is 0. The number of hydrogen-bond donors (Lipinski definition) is 3. The molecule has 6 heteroatoms. The van der Waals surface area contributed by atoms with Crippen molar-refractivity contribution in [3.63, 3.8) is 0 Å². The number of unbranched alkanes of at least 4 members (excludes halogenated alkanes) is 3. The summed E-state index contributed by atoms with van der Waals surface area (Å²) in [6.45, 7) is 5.08. The van der Waals surface area contributed by atoms with E-state index in [0.29, 0.717) is 26.1 Å². The van der Waals surface area contributed by atoms with Crippen LogP contribution in [0.2, 0.25) is 0 Å². The molecule has 1 saturated heterocycles. The molecule has 3 N–H and O–H groups in total. The van der Waals surface area contributed by atoms with Crippen molar-refractivity contribution in [1.82, 2.24) is 0 Å². The van der Waals surface area contributed by atoms with Gasteiger partial charge in [0.15, 0.2) is 5.79 Å². The third-order valence-corrected chi connectivity index (χ3v) is 6.42. The van der Waals surface area contributed by atoms with Gasteiger partial charge in [-0.1, -0.05) is 50.5 Å². The maximum Gasteiger partial charge on any atom is 0.303 e. The lowest BCUT2D eigenvalue weighted by Gasteiger charge is -2.30. The highest BCUT2D eigenvalue weighted by molar-refractivity contribution is 5.66. The van der Waals surface area contributed by atoms with Gasteiger partial charge in [0, 0.05) is 18.8 Å². The van der Waals surface area contributed by atoms with Crippen molar-refractivity contribution in [3.05, 3.63) is 24.3 Å². The molecule has 2 fully saturated rings. The Kier molecular flexibility index (Phi) is 10.5. The molecule has 1 spiro atoms.